The van der Waals surface area contributed by atoms with E-state index in [4.69, 9.17) is 16.7 Å². The van der Waals surface area contributed by atoms with E-state index in [0.717, 1.165) is 6.54 Å². The summed E-state index contributed by atoms with van der Waals surface area (Å²) >= 11 is 5.73. The van der Waals surface area contributed by atoms with E-state index in [1.807, 2.05) is 0 Å². The SMILES string of the molecule is CCN(CC(Cl)C(=O)O)C1CCCC1. The van der Waals surface area contributed by atoms with Gasteiger partial charge in [-0.3, -0.25) is 9.69 Å². The number of rotatable bonds is 5. The molecule has 0 aromatic heterocycles. The lowest BCUT2D eigenvalue weighted by Crippen LogP contribution is -2.39. The summed E-state index contributed by atoms with van der Waals surface area (Å²) in [5.41, 5.74) is 0. The second-order valence-electron chi connectivity index (χ2n) is 3.83. The molecule has 1 aliphatic carbocycles. The normalized spacial score (nSPS) is 20.2. The van der Waals surface area contributed by atoms with Gasteiger partial charge in [-0.15, -0.1) is 11.6 Å². The lowest BCUT2D eigenvalue weighted by molar-refractivity contribution is -0.137. The predicted octanol–water partition coefficient (Wildman–Crippen LogP) is 1.94. The largest absolute Gasteiger partial charge is 0.480 e. The maximum atomic E-state index is 10.6. The summed E-state index contributed by atoms with van der Waals surface area (Å²) < 4.78 is 0. The van der Waals surface area contributed by atoms with Crippen LogP contribution < -0.4 is 0 Å². The van der Waals surface area contributed by atoms with Crippen LogP contribution in [0.4, 0.5) is 0 Å². The Kier molecular flexibility index (Phi) is 4.69. The smallest absolute Gasteiger partial charge is 0.322 e. The van der Waals surface area contributed by atoms with Crippen molar-refractivity contribution in [2.45, 2.75) is 44.0 Å². The van der Waals surface area contributed by atoms with Gasteiger partial charge in [0.15, 0.2) is 0 Å². The van der Waals surface area contributed by atoms with Crippen molar-refractivity contribution in [2.75, 3.05) is 13.1 Å². The van der Waals surface area contributed by atoms with Crippen LogP contribution in [-0.2, 0) is 4.79 Å². The Morgan fingerprint density at radius 1 is 1.57 bits per heavy atom. The molecule has 1 atom stereocenters. The molecule has 1 saturated carbocycles. The Hall–Kier alpha value is -0.280. The fourth-order valence-electron chi connectivity index (χ4n) is 2.09. The lowest BCUT2D eigenvalue weighted by Gasteiger charge is -2.28. The Morgan fingerprint density at radius 3 is 2.57 bits per heavy atom. The van der Waals surface area contributed by atoms with Crippen molar-refractivity contribution < 1.29 is 9.90 Å². The van der Waals surface area contributed by atoms with Gasteiger partial charge in [0, 0.05) is 12.6 Å². The first-order valence-corrected chi connectivity index (χ1v) is 5.69. The van der Waals surface area contributed by atoms with Gasteiger partial charge in [-0.2, -0.15) is 0 Å². The molecule has 0 aromatic carbocycles. The maximum Gasteiger partial charge on any atom is 0.322 e. The van der Waals surface area contributed by atoms with Crippen molar-refractivity contribution in [1.82, 2.24) is 4.90 Å². The zero-order chi connectivity index (χ0) is 10.6. The monoisotopic (exact) mass is 219 g/mol. The molecule has 0 heterocycles. The number of nitrogens with zero attached hydrogens (tertiary/aromatic N) is 1. The number of carboxylic acids is 1. The van der Waals surface area contributed by atoms with Crippen molar-refractivity contribution in [2.24, 2.45) is 0 Å². The Balaban J connectivity index is 2.41. The highest BCUT2D eigenvalue weighted by Crippen LogP contribution is 2.23. The van der Waals surface area contributed by atoms with Crippen molar-refractivity contribution in [1.29, 1.82) is 0 Å². The van der Waals surface area contributed by atoms with Crippen LogP contribution in [0.25, 0.3) is 0 Å². The highest BCUT2D eigenvalue weighted by atomic mass is 35.5. The Labute approximate surface area is 90.0 Å². The van der Waals surface area contributed by atoms with Gasteiger partial charge in [0.25, 0.3) is 0 Å². The molecule has 82 valence electrons. The summed E-state index contributed by atoms with van der Waals surface area (Å²) in [6.07, 6.45) is 4.91. The topological polar surface area (TPSA) is 40.5 Å². The van der Waals surface area contributed by atoms with Crippen molar-refractivity contribution in [3.05, 3.63) is 0 Å². The molecule has 0 bridgehead atoms. The fraction of sp³-hybridized carbons (Fsp3) is 0.900. The first kappa shape index (κ1) is 11.8. The number of halogens is 1. The first-order valence-electron chi connectivity index (χ1n) is 5.26. The second kappa shape index (κ2) is 5.56. The lowest BCUT2D eigenvalue weighted by atomic mass is 10.2. The summed E-state index contributed by atoms with van der Waals surface area (Å²) in [7, 11) is 0. The van der Waals surface area contributed by atoms with E-state index in [1.165, 1.54) is 25.7 Å². The molecule has 0 amide bonds. The van der Waals surface area contributed by atoms with Crippen LogP contribution in [0, 0.1) is 0 Å². The van der Waals surface area contributed by atoms with E-state index in [-0.39, 0.29) is 0 Å². The summed E-state index contributed by atoms with van der Waals surface area (Å²) in [4.78, 5) is 12.8. The molecule has 1 N–H and O–H groups in total. The van der Waals surface area contributed by atoms with Gasteiger partial charge < -0.3 is 5.11 Å². The molecule has 0 spiro atoms. The third-order valence-electron chi connectivity index (χ3n) is 2.91. The predicted molar refractivity (Wildman–Crippen MR) is 56.8 cm³/mol. The number of carboxylic acid groups (broad SMARTS) is 1. The van der Waals surface area contributed by atoms with Gasteiger partial charge in [0.05, 0.1) is 0 Å². The number of hydrogen-bond acceptors (Lipinski definition) is 2. The molecular formula is C10H18ClNO2. The molecule has 0 saturated heterocycles. The average Bonchev–Trinajstić information content (AvgIpc) is 2.66. The van der Waals surface area contributed by atoms with Gasteiger partial charge in [-0.25, -0.2) is 0 Å². The van der Waals surface area contributed by atoms with Crippen LogP contribution in [0.3, 0.4) is 0 Å². The number of aliphatic carboxylic acids is 1. The van der Waals surface area contributed by atoms with E-state index in [2.05, 4.69) is 11.8 Å². The molecule has 1 fully saturated rings. The Bertz CT molecular complexity index is 193. The van der Waals surface area contributed by atoms with E-state index in [0.29, 0.717) is 12.6 Å². The van der Waals surface area contributed by atoms with E-state index in [9.17, 15) is 4.79 Å². The third kappa shape index (κ3) is 3.14. The zero-order valence-corrected chi connectivity index (χ0v) is 9.33. The highest BCUT2D eigenvalue weighted by Gasteiger charge is 2.25. The van der Waals surface area contributed by atoms with Crippen LogP contribution in [0.2, 0.25) is 0 Å². The van der Waals surface area contributed by atoms with Gasteiger partial charge in [0.2, 0.25) is 0 Å². The molecule has 4 heteroatoms. The van der Waals surface area contributed by atoms with E-state index < -0.39 is 11.3 Å². The minimum Gasteiger partial charge on any atom is -0.480 e. The summed E-state index contributed by atoms with van der Waals surface area (Å²) in [5.74, 6) is -0.914. The molecule has 14 heavy (non-hydrogen) atoms. The molecule has 1 rings (SSSR count). The number of hydrogen-bond donors (Lipinski definition) is 1. The van der Waals surface area contributed by atoms with Gasteiger partial charge >= 0.3 is 5.97 Å². The second-order valence-corrected chi connectivity index (χ2v) is 4.36. The third-order valence-corrected chi connectivity index (χ3v) is 3.23. The van der Waals surface area contributed by atoms with Gasteiger partial charge in [-0.05, 0) is 19.4 Å². The van der Waals surface area contributed by atoms with Crippen molar-refractivity contribution in [3.8, 4) is 0 Å². The minimum absolute atomic E-state index is 0.470. The highest BCUT2D eigenvalue weighted by molar-refractivity contribution is 6.29. The number of carbonyl (C=O) groups is 1. The molecular weight excluding hydrogens is 202 g/mol. The van der Waals surface area contributed by atoms with Crippen molar-refractivity contribution >= 4 is 17.6 Å². The average molecular weight is 220 g/mol. The van der Waals surface area contributed by atoms with Crippen LogP contribution in [0.1, 0.15) is 32.6 Å². The van der Waals surface area contributed by atoms with Crippen LogP contribution in [-0.4, -0.2) is 40.5 Å². The molecule has 3 nitrogen and oxygen atoms in total. The maximum absolute atomic E-state index is 10.6. The molecule has 1 unspecified atom stereocenters. The summed E-state index contributed by atoms with van der Waals surface area (Å²) in [5, 5.41) is 7.94. The molecule has 0 radical (unpaired) electrons. The first-order chi connectivity index (χ1) is 6.65. The number of alkyl halides is 1. The van der Waals surface area contributed by atoms with Gasteiger partial charge in [-0.1, -0.05) is 19.8 Å². The fourth-order valence-corrected chi connectivity index (χ4v) is 2.27. The van der Waals surface area contributed by atoms with Crippen LogP contribution in [0.15, 0.2) is 0 Å². The standard InChI is InChI=1S/C10H18ClNO2/c1-2-12(7-9(11)10(13)14)8-5-3-4-6-8/h8-9H,2-7H2,1H3,(H,13,14). The Morgan fingerprint density at radius 2 is 2.14 bits per heavy atom. The van der Waals surface area contributed by atoms with Gasteiger partial charge in [0.1, 0.15) is 5.38 Å². The quantitative estimate of drug-likeness (QED) is 0.719. The zero-order valence-electron chi connectivity index (χ0n) is 8.58. The molecule has 0 aromatic rings. The summed E-state index contributed by atoms with van der Waals surface area (Å²) in [6, 6.07) is 0.556. The summed E-state index contributed by atoms with van der Waals surface area (Å²) in [6.45, 7) is 3.42. The molecule has 0 aliphatic heterocycles. The van der Waals surface area contributed by atoms with Crippen LogP contribution in [0.5, 0.6) is 0 Å². The molecule has 1 aliphatic rings. The van der Waals surface area contributed by atoms with Crippen molar-refractivity contribution in [3.63, 3.8) is 0 Å². The van der Waals surface area contributed by atoms with E-state index in [1.54, 1.807) is 0 Å². The van der Waals surface area contributed by atoms with Crippen LogP contribution >= 0.6 is 11.6 Å². The minimum atomic E-state index is -0.914. The van der Waals surface area contributed by atoms with E-state index >= 15 is 0 Å².